The zero-order valence-corrected chi connectivity index (χ0v) is 12.2. The van der Waals surface area contributed by atoms with E-state index in [-0.39, 0.29) is 5.91 Å². The molecule has 0 unspecified atom stereocenters. The maximum Gasteiger partial charge on any atom is 0.259 e. The number of furan rings is 1. The second kappa shape index (κ2) is 5.09. The molecule has 19 heavy (non-hydrogen) atoms. The van der Waals surface area contributed by atoms with Crippen molar-refractivity contribution in [3.05, 3.63) is 40.1 Å². The number of carbonyl (C=O) groups excluding carboxylic acids is 1. The first-order valence-electron chi connectivity index (χ1n) is 5.90. The number of hydrogen-bond donors (Lipinski definition) is 0. The summed E-state index contributed by atoms with van der Waals surface area (Å²) in [6, 6.07) is 3.73. The average Bonchev–Trinajstić information content (AvgIpc) is 2.84. The molecule has 2 heterocycles. The minimum absolute atomic E-state index is 0.162. The molecular weight excluding hydrogens is 266 g/mol. The van der Waals surface area contributed by atoms with Crippen molar-refractivity contribution >= 4 is 17.5 Å². The van der Waals surface area contributed by atoms with E-state index >= 15 is 0 Å². The van der Waals surface area contributed by atoms with Gasteiger partial charge in [0.1, 0.15) is 16.7 Å². The Morgan fingerprint density at radius 3 is 2.63 bits per heavy atom. The van der Waals surface area contributed by atoms with Crippen molar-refractivity contribution in [3.8, 4) is 0 Å². The van der Waals surface area contributed by atoms with Crippen molar-refractivity contribution < 1.29 is 9.21 Å². The average molecular weight is 282 g/mol. The maximum absolute atomic E-state index is 12.4. The highest BCUT2D eigenvalue weighted by molar-refractivity contribution is 6.33. The maximum atomic E-state index is 12.4. The largest absolute Gasteiger partial charge is 0.464 e. The standard InChI is InChI=1S/C13H16ClN3O2/c1-8-5-6-10(19-8)7-16(3)13(18)11-9(2)15-17(4)12(11)14/h5-6H,7H2,1-4H3. The summed E-state index contributed by atoms with van der Waals surface area (Å²) in [5.74, 6) is 1.40. The minimum Gasteiger partial charge on any atom is -0.464 e. The van der Waals surface area contributed by atoms with Gasteiger partial charge in [-0.05, 0) is 26.0 Å². The normalized spacial score (nSPS) is 10.8. The third-order valence-electron chi connectivity index (χ3n) is 2.90. The fraction of sp³-hybridized carbons (Fsp3) is 0.385. The van der Waals surface area contributed by atoms with Crippen LogP contribution in [-0.2, 0) is 13.6 Å². The molecule has 2 aromatic rings. The van der Waals surface area contributed by atoms with Crippen molar-refractivity contribution in [2.45, 2.75) is 20.4 Å². The smallest absolute Gasteiger partial charge is 0.259 e. The Kier molecular flexibility index (Phi) is 3.66. The molecule has 2 aromatic heterocycles. The quantitative estimate of drug-likeness (QED) is 0.869. The van der Waals surface area contributed by atoms with E-state index in [1.807, 2.05) is 19.1 Å². The summed E-state index contributed by atoms with van der Waals surface area (Å²) in [7, 11) is 3.42. The van der Waals surface area contributed by atoms with E-state index in [1.165, 1.54) is 4.68 Å². The van der Waals surface area contributed by atoms with Crippen LogP contribution in [0, 0.1) is 13.8 Å². The van der Waals surface area contributed by atoms with Crippen molar-refractivity contribution in [1.82, 2.24) is 14.7 Å². The number of rotatable bonds is 3. The van der Waals surface area contributed by atoms with Crippen LogP contribution in [0.25, 0.3) is 0 Å². The van der Waals surface area contributed by atoms with E-state index in [0.717, 1.165) is 11.5 Å². The van der Waals surface area contributed by atoms with Crippen LogP contribution in [-0.4, -0.2) is 27.6 Å². The number of carbonyl (C=O) groups is 1. The van der Waals surface area contributed by atoms with Crippen molar-refractivity contribution in [2.24, 2.45) is 7.05 Å². The molecule has 0 saturated carbocycles. The van der Waals surface area contributed by atoms with Crippen molar-refractivity contribution in [2.75, 3.05) is 7.05 Å². The zero-order chi connectivity index (χ0) is 14.2. The predicted molar refractivity (Wildman–Crippen MR) is 72.2 cm³/mol. The molecule has 0 fully saturated rings. The van der Waals surface area contributed by atoms with E-state index in [1.54, 1.807) is 25.9 Å². The molecule has 2 rings (SSSR count). The fourth-order valence-corrected chi connectivity index (χ4v) is 2.19. The highest BCUT2D eigenvalue weighted by atomic mass is 35.5. The first kappa shape index (κ1) is 13.7. The molecule has 0 aliphatic rings. The SMILES string of the molecule is Cc1ccc(CN(C)C(=O)c2c(C)nn(C)c2Cl)o1. The van der Waals surface area contributed by atoms with E-state index in [0.29, 0.717) is 23.0 Å². The third-order valence-corrected chi connectivity index (χ3v) is 3.34. The van der Waals surface area contributed by atoms with E-state index in [2.05, 4.69) is 5.10 Å². The van der Waals surface area contributed by atoms with Gasteiger partial charge in [-0.25, -0.2) is 0 Å². The third kappa shape index (κ3) is 2.66. The number of hydrogen-bond acceptors (Lipinski definition) is 3. The minimum atomic E-state index is -0.162. The van der Waals surface area contributed by atoms with E-state index in [9.17, 15) is 4.79 Å². The van der Waals surface area contributed by atoms with Crippen LogP contribution in [0.3, 0.4) is 0 Å². The van der Waals surface area contributed by atoms with Crippen LogP contribution in [0.1, 0.15) is 27.6 Å². The van der Waals surface area contributed by atoms with E-state index < -0.39 is 0 Å². The number of amides is 1. The molecule has 0 aliphatic heterocycles. The summed E-state index contributed by atoms with van der Waals surface area (Å²) >= 11 is 6.09. The molecule has 0 bridgehead atoms. The lowest BCUT2D eigenvalue weighted by atomic mass is 10.2. The number of nitrogens with zero attached hydrogens (tertiary/aromatic N) is 3. The highest BCUT2D eigenvalue weighted by Gasteiger charge is 2.22. The fourth-order valence-electron chi connectivity index (χ4n) is 1.94. The van der Waals surface area contributed by atoms with Crippen LogP contribution in [0.2, 0.25) is 5.15 Å². The Labute approximate surface area is 116 Å². The Bertz CT molecular complexity index is 615. The summed E-state index contributed by atoms with van der Waals surface area (Å²) < 4.78 is 6.95. The molecule has 0 saturated heterocycles. The first-order valence-corrected chi connectivity index (χ1v) is 6.28. The second-order valence-corrected chi connectivity index (χ2v) is 4.91. The van der Waals surface area contributed by atoms with Gasteiger partial charge < -0.3 is 9.32 Å². The van der Waals surface area contributed by atoms with Gasteiger partial charge in [0, 0.05) is 14.1 Å². The Morgan fingerprint density at radius 2 is 2.16 bits per heavy atom. The van der Waals surface area contributed by atoms with Gasteiger partial charge in [-0.3, -0.25) is 9.48 Å². The lowest BCUT2D eigenvalue weighted by molar-refractivity contribution is 0.0774. The molecule has 0 spiro atoms. The number of aromatic nitrogens is 2. The summed E-state index contributed by atoms with van der Waals surface area (Å²) in [5, 5.41) is 4.49. The highest BCUT2D eigenvalue weighted by Crippen LogP contribution is 2.21. The molecule has 0 N–H and O–H groups in total. The summed E-state index contributed by atoms with van der Waals surface area (Å²) in [6.07, 6.45) is 0. The first-order chi connectivity index (χ1) is 8.90. The van der Waals surface area contributed by atoms with E-state index in [4.69, 9.17) is 16.0 Å². The van der Waals surface area contributed by atoms with Gasteiger partial charge in [0.05, 0.1) is 17.8 Å². The molecule has 0 atom stereocenters. The lowest BCUT2D eigenvalue weighted by Crippen LogP contribution is -2.26. The molecule has 5 nitrogen and oxygen atoms in total. The predicted octanol–water partition coefficient (Wildman–Crippen LogP) is 2.56. The van der Waals surface area contributed by atoms with Gasteiger partial charge in [-0.1, -0.05) is 11.6 Å². The van der Waals surface area contributed by atoms with Gasteiger partial charge in [0.2, 0.25) is 0 Å². The van der Waals surface area contributed by atoms with Crippen molar-refractivity contribution in [3.63, 3.8) is 0 Å². The van der Waals surface area contributed by atoms with Crippen LogP contribution in [0.4, 0.5) is 0 Å². The molecule has 0 aromatic carbocycles. The number of aryl methyl sites for hydroxylation is 3. The van der Waals surface area contributed by atoms with Crippen LogP contribution < -0.4 is 0 Å². The summed E-state index contributed by atoms with van der Waals surface area (Å²) in [5.41, 5.74) is 1.06. The molecule has 6 heteroatoms. The Balaban J connectivity index is 2.19. The van der Waals surface area contributed by atoms with Crippen LogP contribution in [0.5, 0.6) is 0 Å². The zero-order valence-electron chi connectivity index (χ0n) is 11.4. The van der Waals surface area contributed by atoms with Gasteiger partial charge in [-0.15, -0.1) is 0 Å². The summed E-state index contributed by atoms with van der Waals surface area (Å²) in [6.45, 7) is 4.04. The Hall–Kier alpha value is -1.75. The molecule has 102 valence electrons. The van der Waals surface area contributed by atoms with Gasteiger partial charge in [0.25, 0.3) is 5.91 Å². The number of halogens is 1. The van der Waals surface area contributed by atoms with Gasteiger partial charge in [-0.2, -0.15) is 5.10 Å². The lowest BCUT2D eigenvalue weighted by Gasteiger charge is -2.15. The summed E-state index contributed by atoms with van der Waals surface area (Å²) in [4.78, 5) is 13.9. The van der Waals surface area contributed by atoms with Crippen LogP contribution >= 0.6 is 11.6 Å². The van der Waals surface area contributed by atoms with Crippen molar-refractivity contribution in [1.29, 1.82) is 0 Å². The van der Waals surface area contributed by atoms with Gasteiger partial charge >= 0.3 is 0 Å². The second-order valence-electron chi connectivity index (χ2n) is 4.55. The Morgan fingerprint density at radius 1 is 1.47 bits per heavy atom. The molecular formula is C13H16ClN3O2. The molecule has 1 amide bonds. The van der Waals surface area contributed by atoms with Crippen LogP contribution in [0.15, 0.2) is 16.5 Å². The van der Waals surface area contributed by atoms with Gasteiger partial charge in [0.15, 0.2) is 0 Å². The molecule has 0 aliphatic carbocycles. The topological polar surface area (TPSA) is 51.3 Å². The molecule has 0 radical (unpaired) electrons. The monoisotopic (exact) mass is 281 g/mol.